The van der Waals surface area contributed by atoms with Crippen molar-refractivity contribution >= 4 is 37.3 Å². The molecule has 0 aliphatic carbocycles. The van der Waals surface area contributed by atoms with E-state index in [1.165, 1.54) is 53.9 Å². The first-order valence-corrected chi connectivity index (χ1v) is 15.4. The van der Waals surface area contributed by atoms with Gasteiger partial charge in [-0.05, 0) is 61.4 Å². The fraction of sp³-hybridized carbons (Fsp3) is 0.296. The van der Waals surface area contributed by atoms with E-state index in [1.54, 1.807) is 6.07 Å². The van der Waals surface area contributed by atoms with Crippen LogP contribution in [0.4, 0.5) is 24.5 Å². The Labute approximate surface area is 236 Å². The molecule has 3 aromatic rings. The van der Waals surface area contributed by atoms with Gasteiger partial charge in [0.25, 0.3) is 10.0 Å². The van der Waals surface area contributed by atoms with Crippen LogP contribution in [0.3, 0.4) is 0 Å². The largest absolute Gasteiger partial charge is 0.495 e. The van der Waals surface area contributed by atoms with E-state index < -0.39 is 44.2 Å². The fourth-order valence-electron chi connectivity index (χ4n) is 4.40. The van der Waals surface area contributed by atoms with Gasteiger partial charge in [-0.2, -0.15) is 17.5 Å². The molecule has 41 heavy (non-hydrogen) atoms. The summed E-state index contributed by atoms with van der Waals surface area (Å²) in [7, 11) is -7.13. The highest BCUT2D eigenvalue weighted by atomic mass is 32.2. The van der Waals surface area contributed by atoms with Crippen LogP contribution in [0.25, 0.3) is 0 Å². The molecule has 0 bridgehead atoms. The first-order valence-electron chi connectivity index (χ1n) is 12.6. The zero-order chi connectivity index (χ0) is 29.8. The van der Waals surface area contributed by atoms with Crippen LogP contribution in [0.1, 0.15) is 24.8 Å². The third-order valence-electron chi connectivity index (χ3n) is 6.46. The molecule has 1 saturated heterocycles. The maximum Gasteiger partial charge on any atom is 0.416 e. The summed E-state index contributed by atoms with van der Waals surface area (Å²) in [5.41, 5.74) is -1.43. The zero-order valence-corrected chi connectivity index (χ0v) is 23.6. The average Bonchev–Trinajstić information content (AvgIpc) is 2.96. The van der Waals surface area contributed by atoms with Crippen LogP contribution in [0.15, 0.2) is 82.6 Å². The summed E-state index contributed by atoms with van der Waals surface area (Å²) < 4.78 is 101. The molecule has 1 fully saturated rings. The van der Waals surface area contributed by atoms with Gasteiger partial charge in [-0.1, -0.05) is 30.7 Å². The van der Waals surface area contributed by atoms with Gasteiger partial charge >= 0.3 is 6.18 Å². The number of nitrogens with one attached hydrogen (secondary N) is 1. The number of nitrogens with zero attached hydrogens (tertiary/aromatic N) is 2. The number of alkyl halides is 3. The van der Waals surface area contributed by atoms with Crippen molar-refractivity contribution in [2.24, 2.45) is 0 Å². The molecule has 1 heterocycles. The normalized spacial score (nSPS) is 14.8. The molecule has 14 heteroatoms. The second-order valence-corrected chi connectivity index (χ2v) is 13.0. The topological polar surface area (TPSA) is 113 Å². The lowest BCUT2D eigenvalue weighted by Crippen LogP contribution is -2.38. The number of rotatable bonds is 9. The quantitative estimate of drug-likeness (QED) is 0.375. The second-order valence-electron chi connectivity index (χ2n) is 9.25. The third kappa shape index (κ3) is 6.82. The van der Waals surface area contributed by atoms with Gasteiger partial charge < -0.3 is 10.1 Å². The number of carbonyl (C=O) groups excluding carboxylic acids is 1. The second kappa shape index (κ2) is 12.1. The van der Waals surface area contributed by atoms with Crippen molar-refractivity contribution in [2.75, 3.05) is 36.4 Å². The lowest BCUT2D eigenvalue weighted by Gasteiger charge is -2.27. The van der Waals surface area contributed by atoms with Crippen LogP contribution in [-0.2, 0) is 31.0 Å². The molecular formula is C27H28F3N3O6S2. The predicted octanol–water partition coefficient (Wildman–Crippen LogP) is 4.72. The van der Waals surface area contributed by atoms with Gasteiger partial charge in [0.05, 0.1) is 23.3 Å². The smallest absolute Gasteiger partial charge is 0.416 e. The number of amides is 1. The first-order chi connectivity index (χ1) is 19.3. The molecule has 3 aromatic carbocycles. The van der Waals surface area contributed by atoms with Crippen molar-refractivity contribution in [2.45, 2.75) is 35.2 Å². The SMILES string of the molecule is COc1ccc(NC(=O)CN(c2cccc(C(F)(F)F)c2)S(=O)(=O)c2ccccc2)cc1S(=O)(=O)N1CCCCC1. The maximum atomic E-state index is 13.5. The minimum absolute atomic E-state index is 0.0347. The molecule has 9 nitrogen and oxygen atoms in total. The molecule has 0 atom stereocenters. The van der Waals surface area contributed by atoms with E-state index in [4.69, 9.17) is 4.74 Å². The van der Waals surface area contributed by atoms with E-state index in [9.17, 15) is 34.8 Å². The van der Waals surface area contributed by atoms with Crippen LogP contribution in [0.2, 0.25) is 0 Å². The van der Waals surface area contributed by atoms with Gasteiger partial charge in [0.2, 0.25) is 15.9 Å². The number of hydrogen-bond acceptors (Lipinski definition) is 6. The predicted molar refractivity (Wildman–Crippen MR) is 147 cm³/mol. The van der Waals surface area contributed by atoms with Crippen LogP contribution >= 0.6 is 0 Å². The number of benzene rings is 3. The Morgan fingerprint density at radius 2 is 1.61 bits per heavy atom. The van der Waals surface area contributed by atoms with Gasteiger partial charge in [-0.15, -0.1) is 0 Å². The molecule has 1 aliphatic rings. The van der Waals surface area contributed by atoms with Gasteiger partial charge in [0.1, 0.15) is 17.2 Å². The maximum absolute atomic E-state index is 13.5. The van der Waals surface area contributed by atoms with Crippen molar-refractivity contribution in [3.8, 4) is 5.75 Å². The molecule has 1 N–H and O–H groups in total. The van der Waals surface area contributed by atoms with Crippen molar-refractivity contribution in [1.82, 2.24) is 4.31 Å². The molecular weight excluding hydrogens is 583 g/mol. The standard InChI is InChI=1S/C27H28F3N3O6S2/c1-39-24-14-13-21(18-25(24)41(37,38)32-15-6-3-7-16-32)31-26(34)19-33(40(35,36)23-11-4-2-5-12-23)22-10-8-9-20(17-22)27(28,29)30/h2,4-5,8-14,17-18H,3,6-7,15-16,19H2,1H3,(H,31,34). The Morgan fingerprint density at radius 1 is 0.927 bits per heavy atom. The number of halogens is 3. The number of piperidine rings is 1. The highest BCUT2D eigenvalue weighted by Gasteiger charge is 2.34. The van der Waals surface area contributed by atoms with E-state index in [2.05, 4.69) is 5.32 Å². The van der Waals surface area contributed by atoms with Gasteiger partial charge in [0.15, 0.2) is 0 Å². The van der Waals surface area contributed by atoms with E-state index in [0.717, 1.165) is 24.6 Å². The number of carbonyl (C=O) groups is 1. The van der Waals surface area contributed by atoms with Gasteiger partial charge in [-0.25, -0.2) is 16.8 Å². The first kappa shape index (κ1) is 30.3. The Morgan fingerprint density at radius 3 is 2.24 bits per heavy atom. The number of ether oxygens (including phenoxy) is 1. The Bertz CT molecular complexity index is 1610. The van der Waals surface area contributed by atoms with Crippen molar-refractivity contribution in [1.29, 1.82) is 0 Å². The summed E-state index contributed by atoms with van der Waals surface area (Å²) in [5.74, 6) is -0.848. The summed E-state index contributed by atoms with van der Waals surface area (Å²) in [6.07, 6.45) is -2.42. The van der Waals surface area contributed by atoms with Crippen LogP contribution in [0, 0.1) is 0 Å². The highest BCUT2D eigenvalue weighted by Crippen LogP contribution is 2.34. The van der Waals surface area contributed by atoms with E-state index in [1.807, 2.05) is 0 Å². The van der Waals surface area contributed by atoms with Gasteiger partial charge in [-0.3, -0.25) is 9.10 Å². The monoisotopic (exact) mass is 611 g/mol. The number of anilines is 2. The summed E-state index contributed by atoms with van der Waals surface area (Å²) in [4.78, 5) is 12.7. The van der Waals surface area contributed by atoms with Gasteiger partial charge in [0, 0.05) is 18.8 Å². The molecule has 0 saturated carbocycles. The third-order valence-corrected chi connectivity index (χ3v) is 10.2. The Kier molecular flexibility index (Phi) is 8.94. The molecule has 0 unspecified atom stereocenters. The van der Waals surface area contributed by atoms with Crippen LogP contribution in [-0.4, -0.2) is 53.8 Å². The van der Waals surface area contributed by atoms with Crippen molar-refractivity contribution in [3.63, 3.8) is 0 Å². The highest BCUT2D eigenvalue weighted by molar-refractivity contribution is 7.92. The minimum atomic E-state index is -4.75. The number of hydrogen-bond donors (Lipinski definition) is 1. The number of sulfonamides is 2. The zero-order valence-electron chi connectivity index (χ0n) is 22.0. The molecule has 0 radical (unpaired) electrons. The lowest BCUT2D eigenvalue weighted by atomic mass is 10.2. The molecule has 220 valence electrons. The molecule has 4 rings (SSSR count). The summed E-state index contributed by atoms with van der Waals surface area (Å²) in [6, 6.07) is 14.6. The lowest BCUT2D eigenvalue weighted by molar-refractivity contribution is -0.137. The Hall–Kier alpha value is -3.62. The van der Waals surface area contributed by atoms with Crippen molar-refractivity contribution in [3.05, 3.63) is 78.4 Å². The van der Waals surface area contributed by atoms with E-state index >= 15 is 0 Å². The summed E-state index contributed by atoms with van der Waals surface area (Å²) in [5, 5.41) is 2.47. The minimum Gasteiger partial charge on any atom is -0.495 e. The molecule has 1 aliphatic heterocycles. The van der Waals surface area contributed by atoms with E-state index in [0.29, 0.717) is 36.3 Å². The summed E-state index contributed by atoms with van der Waals surface area (Å²) >= 11 is 0. The molecule has 0 spiro atoms. The summed E-state index contributed by atoms with van der Waals surface area (Å²) in [6.45, 7) is -0.213. The van der Waals surface area contributed by atoms with Crippen molar-refractivity contribution < 1.29 is 39.5 Å². The molecule has 0 aromatic heterocycles. The van der Waals surface area contributed by atoms with Crippen LogP contribution < -0.4 is 14.4 Å². The fourth-order valence-corrected chi connectivity index (χ4v) is 7.54. The number of methoxy groups -OCH3 is 1. The van der Waals surface area contributed by atoms with E-state index in [-0.39, 0.29) is 26.9 Å². The Balaban J connectivity index is 1.67. The molecule has 1 amide bonds. The average molecular weight is 612 g/mol. The van der Waals surface area contributed by atoms with Crippen LogP contribution in [0.5, 0.6) is 5.75 Å².